The predicted octanol–water partition coefficient (Wildman–Crippen LogP) is 2.85. The number of hydrogen-bond acceptors (Lipinski definition) is 3. The van der Waals surface area contributed by atoms with Crippen LogP contribution >= 0.6 is 0 Å². The van der Waals surface area contributed by atoms with Crippen LogP contribution in [0.2, 0.25) is 0 Å². The van der Waals surface area contributed by atoms with Crippen molar-refractivity contribution in [3.05, 3.63) is 29.5 Å². The molecule has 1 aliphatic heterocycles. The normalized spacial score (nSPS) is 19.2. The summed E-state index contributed by atoms with van der Waals surface area (Å²) in [4.78, 5) is 11.0. The van der Waals surface area contributed by atoms with E-state index in [9.17, 15) is 4.79 Å². The van der Waals surface area contributed by atoms with E-state index < -0.39 is 0 Å². The van der Waals surface area contributed by atoms with Crippen molar-refractivity contribution in [2.24, 2.45) is 5.92 Å². The third-order valence-corrected chi connectivity index (χ3v) is 3.15. The first kappa shape index (κ1) is 9.46. The molecule has 1 aliphatic rings. The molecule has 3 rings (SSSR count). The highest BCUT2D eigenvalue weighted by molar-refractivity contribution is 5.98. The third-order valence-electron chi connectivity index (χ3n) is 3.15. The van der Waals surface area contributed by atoms with Crippen LogP contribution in [0.5, 0.6) is 0 Å². The van der Waals surface area contributed by atoms with E-state index in [1.807, 2.05) is 18.2 Å². The molecule has 3 nitrogen and oxygen atoms in total. The highest BCUT2D eigenvalue weighted by Crippen LogP contribution is 2.35. The molecule has 0 saturated heterocycles. The summed E-state index contributed by atoms with van der Waals surface area (Å²) in [5.74, 6) is 0.991. The molecule has 0 aliphatic carbocycles. The number of hydrogen-bond donors (Lipinski definition) is 1. The van der Waals surface area contributed by atoms with E-state index in [2.05, 4.69) is 12.2 Å². The van der Waals surface area contributed by atoms with Gasteiger partial charge >= 0.3 is 0 Å². The summed E-state index contributed by atoms with van der Waals surface area (Å²) in [5.41, 5.74) is 2.93. The minimum atomic E-state index is 0.484. The van der Waals surface area contributed by atoms with Crippen LogP contribution in [0.15, 0.2) is 22.6 Å². The number of carbonyl (C=O) groups is 1. The third kappa shape index (κ3) is 1.24. The Labute approximate surface area is 93.4 Å². The number of aldehydes is 1. The second kappa shape index (κ2) is 3.37. The summed E-state index contributed by atoms with van der Waals surface area (Å²) < 4.78 is 5.56. The van der Waals surface area contributed by atoms with Crippen LogP contribution in [0.1, 0.15) is 23.0 Å². The van der Waals surface area contributed by atoms with Crippen molar-refractivity contribution >= 4 is 22.9 Å². The predicted molar refractivity (Wildman–Crippen MR) is 63.0 cm³/mol. The van der Waals surface area contributed by atoms with Gasteiger partial charge in [-0.25, -0.2) is 0 Å². The topological polar surface area (TPSA) is 42.2 Å². The van der Waals surface area contributed by atoms with Crippen molar-refractivity contribution in [3.8, 4) is 0 Å². The van der Waals surface area contributed by atoms with Crippen molar-refractivity contribution in [1.82, 2.24) is 0 Å². The standard InChI is InChI=1S/C13H13NO2/c1-8-5-9-12(7-15)16-11-4-2-3-10(13(9)11)14-6-8/h2-4,7-8,14H,5-6H2,1H3. The van der Waals surface area contributed by atoms with Crippen molar-refractivity contribution in [1.29, 1.82) is 0 Å². The molecule has 1 aromatic carbocycles. The maximum atomic E-state index is 11.0. The molecule has 0 spiro atoms. The van der Waals surface area contributed by atoms with E-state index in [1.165, 1.54) is 0 Å². The molecule has 0 bridgehead atoms. The van der Waals surface area contributed by atoms with Crippen molar-refractivity contribution in [3.63, 3.8) is 0 Å². The fraction of sp³-hybridized carbons (Fsp3) is 0.308. The molecule has 82 valence electrons. The molecule has 0 saturated carbocycles. The van der Waals surface area contributed by atoms with Crippen LogP contribution in [0.25, 0.3) is 11.0 Å². The van der Waals surface area contributed by atoms with Crippen LogP contribution in [0.4, 0.5) is 5.69 Å². The lowest BCUT2D eigenvalue weighted by Gasteiger charge is -2.08. The second-order valence-electron chi connectivity index (χ2n) is 4.43. The minimum absolute atomic E-state index is 0.484. The SMILES string of the molecule is CC1CNc2cccc3oc(C=O)c(c23)C1. The van der Waals surface area contributed by atoms with Crippen LogP contribution < -0.4 is 5.32 Å². The van der Waals surface area contributed by atoms with E-state index in [0.717, 1.165) is 41.5 Å². The van der Waals surface area contributed by atoms with Gasteiger partial charge in [0.15, 0.2) is 12.0 Å². The molecule has 1 unspecified atom stereocenters. The van der Waals surface area contributed by atoms with Crippen molar-refractivity contribution in [2.45, 2.75) is 13.3 Å². The Kier molecular flexibility index (Phi) is 1.99. The molecule has 0 fully saturated rings. The molecule has 1 aromatic heterocycles. The molecule has 0 radical (unpaired) electrons. The van der Waals surface area contributed by atoms with E-state index in [1.54, 1.807) is 0 Å². The van der Waals surface area contributed by atoms with Gasteiger partial charge in [-0.1, -0.05) is 13.0 Å². The average molecular weight is 215 g/mol. The van der Waals surface area contributed by atoms with E-state index in [4.69, 9.17) is 4.42 Å². The lowest BCUT2D eigenvalue weighted by molar-refractivity contribution is 0.110. The number of nitrogens with one attached hydrogen (secondary N) is 1. The molecule has 3 heteroatoms. The monoisotopic (exact) mass is 215 g/mol. The molecule has 1 N–H and O–H groups in total. The lowest BCUT2D eigenvalue weighted by Crippen LogP contribution is -2.10. The molecular formula is C13H13NO2. The maximum absolute atomic E-state index is 11.0. The van der Waals surface area contributed by atoms with Gasteiger partial charge < -0.3 is 9.73 Å². The highest BCUT2D eigenvalue weighted by atomic mass is 16.3. The van der Waals surface area contributed by atoms with Gasteiger partial charge in [-0.05, 0) is 24.5 Å². The summed E-state index contributed by atoms with van der Waals surface area (Å²) in [6, 6.07) is 5.89. The molecule has 2 heterocycles. The van der Waals surface area contributed by atoms with Gasteiger partial charge in [-0.3, -0.25) is 4.79 Å². The lowest BCUT2D eigenvalue weighted by atomic mass is 10.00. The van der Waals surface area contributed by atoms with Gasteiger partial charge in [-0.2, -0.15) is 0 Å². The Bertz CT molecular complexity index is 556. The van der Waals surface area contributed by atoms with Gasteiger partial charge in [0.05, 0.1) is 0 Å². The Balaban J connectivity index is 2.36. The molecule has 1 atom stereocenters. The Morgan fingerprint density at radius 1 is 1.50 bits per heavy atom. The molecule has 0 amide bonds. The average Bonchev–Trinajstić information content (AvgIpc) is 2.55. The summed E-state index contributed by atoms with van der Waals surface area (Å²) in [6.07, 6.45) is 1.71. The summed E-state index contributed by atoms with van der Waals surface area (Å²) >= 11 is 0. The first-order valence-corrected chi connectivity index (χ1v) is 5.53. The van der Waals surface area contributed by atoms with Crippen LogP contribution in [0.3, 0.4) is 0 Å². The first-order valence-electron chi connectivity index (χ1n) is 5.53. The molecular weight excluding hydrogens is 202 g/mol. The Hall–Kier alpha value is -1.77. The number of furan rings is 1. The van der Waals surface area contributed by atoms with Crippen molar-refractivity contribution in [2.75, 3.05) is 11.9 Å². The van der Waals surface area contributed by atoms with Crippen LogP contribution in [-0.2, 0) is 6.42 Å². The van der Waals surface area contributed by atoms with Crippen molar-refractivity contribution < 1.29 is 9.21 Å². The molecule has 16 heavy (non-hydrogen) atoms. The smallest absolute Gasteiger partial charge is 0.185 e. The highest BCUT2D eigenvalue weighted by Gasteiger charge is 2.21. The van der Waals surface area contributed by atoms with Gasteiger partial charge in [0, 0.05) is 23.2 Å². The quantitative estimate of drug-likeness (QED) is 0.744. The summed E-state index contributed by atoms with van der Waals surface area (Å²) in [5, 5.41) is 4.48. The van der Waals surface area contributed by atoms with Crippen LogP contribution in [0, 0.1) is 5.92 Å². The zero-order valence-corrected chi connectivity index (χ0v) is 9.12. The summed E-state index contributed by atoms with van der Waals surface area (Å²) in [6.45, 7) is 3.11. The zero-order chi connectivity index (χ0) is 11.1. The van der Waals surface area contributed by atoms with Gasteiger partial charge in [-0.15, -0.1) is 0 Å². The maximum Gasteiger partial charge on any atom is 0.185 e. The largest absolute Gasteiger partial charge is 0.453 e. The van der Waals surface area contributed by atoms with E-state index >= 15 is 0 Å². The number of benzene rings is 1. The number of rotatable bonds is 1. The molecule has 2 aromatic rings. The number of anilines is 1. The fourth-order valence-electron chi connectivity index (χ4n) is 2.38. The van der Waals surface area contributed by atoms with E-state index in [-0.39, 0.29) is 0 Å². The summed E-state index contributed by atoms with van der Waals surface area (Å²) in [7, 11) is 0. The second-order valence-corrected chi connectivity index (χ2v) is 4.43. The zero-order valence-electron chi connectivity index (χ0n) is 9.12. The minimum Gasteiger partial charge on any atom is -0.453 e. The van der Waals surface area contributed by atoms with Crippen LogP contribution in [-0.4, -0.2) is 12.8 Å². The van der Waals surface area contributed by atoms with Gasteiger partial charge in [0.25, 0.3) is 0 Å². The Morgan fingerprint density at radius 2 is 2.38 bits per heavy atom. The number of carbonyl (C=O) groups excluding carboxylic acids is 1. The Morgan fingerprint density at radius 3 is 3.19 bits per heavy atom. The van der Waals surface area contributed by atoms with Gasteiger partial charge in [0.1, 0.15) is 5.58 Å². The first-order chi connectivity index (χ1) is 7.79. The van der Waals surface area contributed by atoms with E-state index in [0.29, 0.717) is 11.7 Å². The van der Waals surface area contributed by atoms with Gasteiger partial charge in [0.2, 0.25) is 0 Å². The fourth-order valence-corrected chi connectivity index (χ4v) is 2.38.